The Balaban J connectivity index is 1.68. The molecule has 1 N–H and O–H groups in total. The molecule has 7 nitrogen and oxygen atoms in total. The van der Waals surface area contributed by atoms with E-state index >= 15 is 0 Å². The number of anilines is 1. The van der Waals surface area contributed by atoms with Crippen LogP contribution in [-0.2, 0) is 4.79 Å². The Bertz CT molecular complexity index is 1530. The van der Waals surface area contributed by atoms with Gasteiger partial charge >= 0.3 is 0 Å². The first-order valence-electron chi connectivity index (χ1n) is 10.2. The number of aromatic nitrogens is 1. The first-order chi connectivity index (χ1) is 16.8. The number of rotatable bonds is 5. The molecule has 3 heterocycles. The fourth-order valence-corrected chi connectivity index (χ4v) is 4.31. The molecule has 0 radical (unpaired) electrons. The number of amides is 1. The van der Waals surface area contributed by atoms with Crippen molar-refractivity contribution < 1.29 is 32.6 Å². The Hall–Kier alpha value is -4.24. The number of aliphatic hydroxyl groups excluding tert-OH is 1. The van der Waals surface area contributed by atoms with E-state index in [4.69, 9.17) is 20.8 Å². The van der Waals surface area contributed by atoms with Gasteiger partial charge in [-0.05, 0) is 35.9 Å². The number of halogens is 3. The fraction of sp³-hybridized carbons (Fsp3) is 0.0800. The minimum Gasteiger partial charge on any atom is -0.503 e. The van der Waals surface area contributed by atoms with Crippen molar-refractivity contribution in [2.45, 2.75) is 6.04 Å². The van der Waals surface area contributed by atoms with Crippen molar-refractivity contribution in [3.8, 4) is 5.75 Å². The second kappa shape index (κ2) is 8.52. The number of hydrogen-bond donors (Lipinski definition) is 1. The van der Waals surface area contributed by atoms with E-state index in [0.29, 0.717) is 10.4 Å². The lowest BCUT2D eigenvalue weighted by atomic mass is 9.96. The Labute approximate surface area is 201 Å². The van der Waals surface area contributed by atoms with Crippen LogP contribution in [0.5, 0.6) is 5.75 Å². The third-order valence-electron chi connectivity index (χ3n) is 5.61. The first-order valence-corrected chi connectivity index (χ1v) is 10.6. The van der Waals surface area contributed by atoms with Gasteiger partial charge in [0.1, 0.15) is 11.6 Å². The lowest BCUT2D eigenvalue weighted by Crippen LogP contribution is -2.32. The van der Waals surface area contributed by atoms with Gasteiger partial charge in [0.05, 0.1) is 24.4 Å². The predicted molar refractivity (Wildman–Crippen MR) is 123 cm³/mol. The number of nitrogens with zero attached hydrogens (tertiary/aromatic N) is 2. The summed E-state index contributed by atoms with van der Waals surface area (Å²) in [6, 6.07) is 8.79. The van der Waals surface area contributed by atoms with E-state index in [1.54, 1.807) is 18.2 Å². The molecule has 2 aromatic carbocycles. The van der Waals surface area contributed by atoms with E-state index in [0.717, 1.165) is 23.1 Å². The van der Waals surface area contributed by atoms with Gasteiger partial charge in [-0.1, -0.05) is 17.7 Å². The molecule has 1 aliphatic rings. The van der Waals surface area contributed by atoms with Gasteiger partial charge in [-0.2, -0.15) is 0 Å². The lowest BCUT2D eigenvalue weighted by molar-refractivity contribution is -0.117. The number of benzene rings is 2. The maximum Gasteiger partial charge on any atom is 0.294 e. The molecule has 35 heavy (non-hydrogen) atoms. The Kier molecular flexibility index (Phi) is 5.49. The summed E-state index contributed by atoms with van der Waals surface area (Å²) in [5.74, 6) is -4.50. The number of aliphatic hydroxyl groups is 1. The third-order valence-corrected chi connectivity index (χ3v) is 5.83. The van der Waals surface area contributed by atoms with Crippen LogP contribution in [-0.4, -0.2) is 28.9 Å². The van der Waals surface area contributed by atoms with Crippen molar-refractivity contribution in [3.05, 3.63) is 100 Å². The van der Waals surface area contributed by atoms with Gasteiger partial charge in [-0.3, -0.25) is 19.5 Å². The quantitative estimate of drug-likeness (QED) is 0.364. The smallest absolute Gasteiger partial charge is 0.294 e. The van der Waals surface area contributed by atoms with Gasteiger partial charge in [0.15, 0.2) is 22.9 Å². The zero-order chi connectivity index (χ0) is 24.9. The molecule has 176 valence electrons. The molecule has 0 aliphatic carbocycles. The van der Waals surface area contributed by atoms with Crippen molar-refractivity contribution in [3.63, 3.8) is 0 Å². The molecule has 1 aliphatic heterocycles. The number of hydrogen-bond acceptors (Lipinski definition) is 6. The molecule has 1 atom stereocenters. The number of fused-ring (bicyclic) bond motifs is 1. The summed E-state index contributed by atoms with van der Waals surface area (Å²) < 4.78 is 39.7. The Morgan fingerprint density at radius 3 is 2.71 bits per heavy atom. The summed E-state index contributed by atoms with van der Waals surface area (Å²) in [5, 5.41) is 11.6. The lowest BCUT2D eigenvalue weighted by Gasteiger charge is -2.26. The van der Waals surface area contributed by atoms with Gasteiger partial charge in [-0.25, -0.2) is 8.78 Å². The van der Waals surface area contributed by atoms with Gasteiger partial charge in [0.2, 0.25) is 5.78 Å². The van der Waals surface area contributed by atoms with Crippen LogP contribution >= 0.6 is 11.6 Å². The third kappa shape index (κ3) is 3.70. The van der Waals surface area contributed by atoms with Crippen LogP contribution in [0.25, 0.3) is 11.0 Å². The molecule has 1 amide bonds. The van der Waals surface area contributed by atoms with E-state index < -0.39 is 40.8 Å². The Morgan fingerprint density at radius 1 is 1.20 bits per heavy atom. The number of carbonyl (C=O) groups is 2. The van der Waals surface area contributed by atoms with E-state index in [1.807, 2.05) is 0 Å². The van der Waals surface area contributed by atoms with Gasteiger partial charge in [0, 0.05) is 34.9 Å². The summed E-state index contributed by atoms with van der Waals surface area (Å²) in [4.78, 5) is 31.5. The highest BCUT2D eigenvalue weighted by molar-refractivity contribution is 6.31. The minimum absolute atomic E-state index is 0.217. The van der Waals surface area contributed by atoms with Crippen LogP contribution in [0.15, 0.2) is 76.7 Å². The zero-order valence-corrected chi connectivity index (χ0v) is 18.7. The molecule has 0 saturated heterocycles. The summed E-state index contributed by atoms with van der Waals surface area (Å²) in [7, 11) is 1.41. The second-order valence-electron chi connectivity index (χ2n) is 7.69. The van der Waals surface area contributed by atoms with Crippen molar-refractivity contribution in [2.24, 2.45) is 0 Å². The fourth-order valence-electron chi connectivity index (χ4n) is 4.09. The number of ketones is 1. The van der Waals surface area contributed by atoms with Gasteiger partial charge in [-0.15, -0.1) is 0 Å². The van der Waals surface area contributed by atoms with Gasteiger partial charge in [0.25, 0.3) is 5.91 Å². The molecule has 0 fully saturated rings. The summed E-state index contributed by atoms with van der Waals surface area (Å²) in [5.41, 5.74) is -0.309. The molecule has 5 rings (SSSR count). The van der Waals surface area contributed by atoms with Crippen LogP contribution in [0.2, 0.25) is 5.02 Å². The molecule has 2 aromatic heterocycles. The molecule has 0 saturated carbocycles. The number of methoxy groups -OCH3 is 1. The molecular weight excluding hydrogens is 482 g/mol. The summed E-state index contributed by atoms with van der Waals surface area (Å²) >= 11 is 6.10. The number of ether oxygens (including phenoxy) is 1. The zero-order valence-electron chi connectivity index (χ0n) is 18.0. The van der Waals surface area contributed by atoms with Crippen LogP contribution < -0.4 is 9.64 Å². The van der Waals surface area contributed by atoms with Gasteiger partial charge < -0.3 is 14.3 Å². The van der Waals surface area contributed by atoms with E-state index in [-0.39, 0.29) is 28.2 Å². The second-order valence-corrected chi connectivity index (χ2v) is 8.12. The van der Waals surface area contributed by atoms with Crippen molar-refractivity contribution in [1.82, 2.24) is 4.98 Å². The highest BCUT2D eigenvalue weighted by Crippen LogP contribution is 2.43. The normalized spacial score (nSPS) is 15.8. The molecule has 0 bridgehead atoms. The Morgan fingerprint density at radius 2 is 2.00 bits per heavy atom. The monoisotopic (exact) mass is 496 g/mol. The van der Waals surface area contributed by atoms with E-state index in [2.05, 4.69) is 4.98 Å². The number of carbonyl (C=O) groups excluding carboxylic acids is 2. The van der Waals surface area contributed by atoms with Crippen molar-refractivity contribution in [1.29, 1.82) is 0 Å². The molecule has 1 unspecified atom stereocenters. The average Bonchev–Trinajstić information content (AvgIpc) is 3.39. The number of pyridine rings is 1. The molecule has 0 spiro atoms. The van der Waals surface area contributed by atoms with Crippen LogP contribution in [0, 0.1) is 11.6 Å². The molecular formula is C25H15ClF2N2O5. The summed E-state index contributed by atoms with van der Waals surface area (Å²) in [6.07, 6.45) is 2.82. The van der Waals surface area contributed by atoms with E-state index in [9.17, 15) is 23.5 Å². The van der Waals surface area contributed by atoms with E-state index in [1.165, 1.54) is 31.6 Å². The molecule has 10 heteroatoms. The minimum atomic E-state index is -1.31. The van der Waals surface area contributed by atoms with Crippen LogP contribution in [0.1, 0.15) is 22.2 Å². The highest BCUT2D eigenvalue weighted by Gasteiger charge is 2.46. The maximum absolute atomic E-state index is 14.7. The largest absolute Gasteiger partial charge is 0.503 e. The molecule has 4 aromatic rings. The van der Waals surface area contributed by atoms with Crippen LogP contribution in [0.3, 0.4) is 0 Å². The topological polar surface area (TPSA) is 92.9 Å². The standard InChI is InChI=1S/C25H15ClF2N2O5/c1-34-19-9-14(26)7-13-8-18(35-24(13)19)22(31)20-21(12-3-2-6-29-11-12)30(25(33)23(20)32)17-10-15(27)4-5-16(17)28/h2-11,21,32H,1H3. The number of Topliss-reactive ketones (excluding diaryl/α,β-unsaturated/α-hetero) is 1. The van der Waals surface area contributed by atoms with Crippen molar-refractivity contribution in [2.75, 3.05) is 12.0 Å². The van der Waals surface area contributed by atoms with Crippen molar-refractivity contribution >= 4 is 39.9 Å². The maximum atomic E-state index is 14.7. The summed E-state index contributed by atoms with van der Waals surface area (Å²) in [6.45, 7) is 0. The predicted octanol–water partition coefficient (Wildman–Crippen LogP) is 5.55. The SMILES string of the molecule is COc1cc(Cl)cc2cc(C(=O)C3=C(O)C(=O)N(c4cc(F)ccc4F)C3c3cccnc3)oc12. The highest BCUT2D eigenvalue weighted by atomic mass is 35.5. The van der Waals surface area contributed by atoms with Crippen LogP contribution in [0.4, 0.5) is 14.5 Å². The first kappa shape index (κ1) is 22.5. The average molecular weight is 497 g/mol. The number of furan rings is 1.